The van der Waals surface area contributed by atoms with E-state index in [2.05, 4.69) is 70.8 Å². The Bertz CT molecular complexity index is 1370. The number of thioether (sulfide) groups is 1. The van der Waals surface area contributed by atoms with Gasteiger partial charge in [-0.3, -0.25) is 4.98 Å². The summed E-state index contributed by atoms with van der Waals surface area (Å²) in [6.45, 7) is 13.0. The standard InChI is InChI=1S/C31H32F3NS/c1-29(2,3)18-20-11-13-21(14-12-20)25-17-27(35-19-28(25)36-31(32,33)34)23-15-22-9-7-8-10-24(22)26(16-23)30(4,5)6/h7-17,19H,18H2,1-6H3. The number of nitrogens with zero attached hydrogens (tertiary/aromatic N) is 1. The first kappa shape index (κ1) is 26.3. The van der Waals surface area contributed by atoms with E-state index in [1.54, 1.807) is 6.07 Å². The molecule has 0 spiro atoms. The van der Waals surface area contributed by atoms with E-state index in [1.807, 2.05) is 36.4 Å². The minimum atomic E-state index is -4.40. The van der Waals surface area contributed by atoms with Crippen molar-refractivity contribution >= 4 is 22.5 Å². The van der Waals surface area contributed by atoms with Gasteiger partial charge in [-0.2, -0.15) is 13.2 Å². The summed E-state index contributed by atoms with van der Waals surface area (Å²) in [4.78, 5) is 4.60. The van der Waals surface area contributed by atoms with Gasteiger partial charge in [0.05, 0.1) is 5.69 Å². The second-order valence-electron chi connectivity index (χ2n) is 11.5. The molecule has 0 unspecified atom stereocenters. The average Bonchev–Trinajstić information content (AvgIpc) is 2.76. The van der Waals surface area contributed by atoms with Crippen molar-refractivity contribution < 1.29 is 13.2 Å². The van der Waals surface area contributed by atoms with E-state index in [-0.39, 0.29) is 27.5 Å². The number of hydrogen-bond donors (Lipinski definition) is 0. The third-order valence-corrected chi connectivity index (χ3v) is 6.83. The summed E-state index contributed by atoms with van der Waals surface area (Å²) in [5, 5.41) is 2.26. The number of alkyl halides is 3. The van der Waals surface area contributed by atoms with Crippen molar-refractivity contribution in [3.05, 3.63) is 84.1 Å². The molecular weight excluding hydrogens is 475 g/mol. The van der Waals surface area contributed by atoms with Crippen LogP contribution in [0.2, 0.25) is 0 Å². The highest BCUT2D eigenvalue weighted by Gasteiger charge is 2.31. The third kappa shape index (κ3) is 6.31. The highest BCUT2D eigenvalue weighted by atomic mass is 32.2. The summed E-state index contributed by atoms with van der Waals surface area (Å²) >= 11 is -0.112. The maximum absolute atomic E-state index is 13.4. The average molecular weight is 508 g/mol. The summed E-state index contributed by atoms with van der Waals surface area (Å²) < 4.78 is 40.2. The second kappa shape index (κ2) is 9.59. The van der Waals surface area contributed by atoms with Crippen LogP contribution in [0, 0.1) is 5.41 Å². The second-order valence-corrected chi connectivity index (χ2v) is 12.6. The molecule has 0 bridgehead atoms. The van der Waals surface area contributed by atoms with E-state index in [9.17, 15) is 13.2 Å². The van der Waals surface area contributed by atoms with Crippen molar-refractivity contribution in [2.75, 3.05) is 0 Å². The van der Waals surface area contributed by atoms with E-state index in [1.165, 1.54) is 17.1 Å². The van der Waals surface area contributed by atoms with Crippen molar-refractivity contribution in [2.45, 2.75) is 63.8 Å². The molecule has 0 saturated carbocycles. The lowest BCUT2D eigenvalue weighted by atomic mass is 9.82. The molecule has 0 fully saturated rings. The van der Waals surface area contributed by atoms with Gasteiger partial charge in [0, 0.05) is 16.7 Å². The van der Waals surface area contributed by atoms with Gasteiger partial charge >= 0.3 is 5.51 Å². The number of hydrogen-bond acceptors (Lipinski definition) is 2. The first-order valence-corrected chi connectivity index (χ1v) is 12.9. The lowest BCUT2D eigenvalue weighted by Crippen LogP contribution is -2.12. The van der Waals surface area contributed by atoms with Gasteiger partial charge < -0.3 is 0 Å². The molecule has 0 radical (unpaired) electrons. The predicted molar refractivity (Wildman–Crippen MR) is 146 cm³/mol. The van der Waals surface area contributed by atoms with Crippen LogP contribution in [0.1, 0.15) is 52.7 Å². The van der Waals surface area contributed by atoms with E-state index >= 15 is 0 Å². The Kier molecular flexibility index (Phi) is 7.00. The molecule has 36 heavy (non-hydrogen) atoms. The van der Waals surface area contributed by atoms with Crippen LogP contribution in [0.3, 0.4) is 0 Å². The van der Waals surface area contributed by atoms with Crippen LogP contribution in [-0.4, -0.2) is 10.5 Å². The van der Waals surface area contributed by atoms with Crippen LogP contribution in [0.15, 0.2) is 77.8 Å². The highest BCUT2D eigenvalue weighted by molar-refractivity contribution is 8.00. The number of rotatable bonds is 4. The molecule has 0 aliphatic carbocycles. The lowest BCUT2D eigenvalue weighted by molar-refractivity contribution is -0.0328. The zero-order chi connectivity index (χ0) is 26.3. The SMILES string of the molecule is CC(C)(C)Cc1ccc(-c2cc(-c3cc(C(C)(C)C)c4ccccc4c3)ncc2SC(F)(F)F)cc1. The zero-order valence-electron chi connectivity index (χ0n) is 21.6. The van der Waals surface area contributed by atoms with Gasteiger partial charge in [-0.05, 0) is 80.2 Å². The molecule has 0 saturated heterocycles. The zero-order valence-corrected chi connectivity index (χ0v) is 22.4. The minimum absolute atomic E-state index is 0.103. The van der Waals surface area contributed by atoms with Gasteiger partial charge in [0.25, 0.3) is 0 Å². The number of aromatic nitrogens is 1. The molecule has 188 valence electrons. The Morgan fingerprint density at radius 3 is 2.06 bits per heavy atom. The Labute approximate surface area is 216 Å². The summed E-state index contributed by atoms with van der Waals surface area (Å²) in [5.74, 6) is 0. The quantitative estimate of drug-likeness (QED) is 0.255. The first-order valence-electron chi connectivity index (χ1n) is 12.1. The fraction of sp³-hybridized carbons (Fsp3) is 0.323. The van der Waals surface area contributed by atoms with Gasteiger partial charge in [0.15, 0.2) is 0 Å². The van der Waals surface area contributed by atoms with Crippen molar-refractivity contribution in [3.63, 3.8) is 0 Å². The molecule has 4 aromatic rings. The molecule has 1 nitrogen and oxygen atoms in total. The van der Waals surface area contributed by atoms with Crippen molar-refractivity contribution in [3.8, 4) is 22.4 Å². The fourth-order valence-electron chi connectivity index (χ4n) is 4.53. The molecule has 0 atom stereocenters. The summed E-state index contributed by atoms with van der Waals surface area (Å²) in [6.07, 6.45) is 2.25. The van der Waals surface area contributed by atoms with Crippen molar-refractivity contribution in [2.24, 2.45) is 5.41 Å². The minimum Gasteiger partial charge on any atom is -0.255 e. The summed E-state index contributed by atoms with van der Waals surface area (Å²) in [5.41, 5.74) is 0.812. The molecule has 0 N–H and O–H groups in total. The fourth-order valence-corrected chi connectivity index (χ4v) is 5.17. The lowest BCUT2D eigenvalue weighted by Gasteiger charge is -2.23. The van der Waals surface area contributed by atoms with E-state index in [0.29, 0.717) is 11.3 Å². The normalized spacial score (nSPS) is 12.8. The maximum atomic E-state index is 13.4. The maximum Gasteiger partial charge on any atom is 0.446 e. The molecule has 1 aromatic heterocycles. The monoisotopic (exact) mass is 507 g/mol. The number of halogens is 3. The summed E-state index contributed by atoms with van der Waals surface area (Å²) in [7, 11) is 0. The predicted octanol–water partition coefficient (Wildman–Crippen LogP) is 10.1. The molecular formula is C31H32F3NS. The third-order valence-electron chi connectivity index (χ3n) is 6.06. The first-order chi connectivity index (χ1) is 16.7. The Morgan fingerprint density at radius 2 is 1.44 bits per heavy atom. The van der Waals surface area contributed by atoms with Crippen LogP contribution in [0.5, 0.6) is 0 Å². The largest absolute Gasteiger partial charge is 0.446 e. The van der Waals surface area contributed by atoms with Crippen LogP contribution >= 0.6 is 11.8 Å². The molecule has 1 heterocycles. The summed E-state index contributed by atoms with van der Waals surface area (Å²) in [6, 6.07) is 22.0. The number of fused-ring (bicyclic) bond motifs is 1. The number of pyridine rings is 1. The Morgan fingerprint density at radius 1 is 0.778 bits per heavy atom. The van der Waals surface area contributed by atoms with Gasteiger partial charge in [-0.1, -0.05) is 90.1 Å². The molecule has 0 aliphatic heterocycles. The smallest absolute Gasteiger partial charge is 0.255 e. The van der Waals surface area contributed by atoms with Crippen molar-refractivity contribution in [1.82, 2.24) is 4.98 Å². The van der Waals surface area contributed by atoms with Gasteiger partial charge in [-0.25, -0.2) is 0 Å². The van der Waals surface area contributed by atoms with Gasteiger partial charge in [0.1, 0.15) is 0 Å². The van der Waals surface area contributed by atoms with Gasteiger partial charge in [-0.15, -0.1) is 0 Å². The molecule has 3 aromatic carbocycles. The molecule has 0 aliphatic rings. The van der Waals surface area contributed by atoms with Crippen LogP contribution in [0.25, 0.3) is 33.2 Å². The van der Waals surface area contributed by atoms with Gasteiger partial charge in [0.2, 0.25) is 0 Å². The molecule has 4 rings (SSSR count). The Hall–Kier alpha value is -2.79. The van der Waals surface area contributed by atoms with Crippen LogP contribution in [-0.2, 0) is 11.8 Å². The van der Waals surface area contributed by atoms with E-state index in [4.69, 9.17) is 0 Å². The van der Waals surface area contributed by atoms with E-state index in [0.717, 1.165) is 28.5 Å². The molecule has 0 amide bonds. The Balaban J connectivity index is 1.85. The van der Waals surface area contributed by atoms with Crippen molar-refractivity contribution in [1.29, 1.82) is 0 Å². The van der Waals surface area contributed by atoms with Crippen LogP contribution < -0.4 is 0 Å². The van der Waals surface area contributed by atoms with E-state index < -0.39 is 5.51 Å². The molecule has 5 heteroatoms. The topological polar surface area (TPSA) is 12.9 Å². The number of benzene rings is 3. The van der Waals surface area contributed by atoms with Crippen LogP contribution in [0.4, 0.5) is 13.2 Å². The highest BCUT2D eigenvalue weighted by Crippen LogP contribution is 2.43.